The van der Waals surface area contributed by atoms with Gasteiger partial charge in [-0.1, -0.05) is 35.0 Å². The lowest BCUT2D eigenvalue weighted by Gasteiger charge is -2.04. The molecule has 8 heteroatoms. The average Bonchev–Trinajstić information content (AvgIpc) is 2.26. The quantitative estimate of drug-likeness (QED) is 0.516. The molecular formula is C10H8Cl2N4OS. The van der Waals surface area contributed by atoms with Crippen molar-refractivity contribution in [2.75, 3.05) is 5.73 Å². The molecule has 0 aliphatic carbocycles. The van der Waals surface area contributed by atoms with Crippen molar-refractivity contribution in [2.24, 2.45) is 0 Å². The number of rotatable bonds is 3. The SMILES string of the molecule is Nc1cc(=O)[nH]c(SCc2cnc(Cl)cc2Cl)n1. The van der Waals surface area contributed by atoms with Crippen LogP contribution in [0.25, 0.3) is 0 Å². The van der Waals surface area contributed by atoms with E-state index >= 15 is 0 Å². The fraction of sp³-hybridized carbons (Fsp3) is 0.100. The van der Waals surface area contributed by atoms with Crippen molar-refractivity contribution in [3.8, 4) is 0 Å². The minimum atomic E-state index is -0.287. The lowest BCUT2D eigenvalue weighted by molar-refractivity contribution is 0.944. The molecule has 0 saturated carbocycles. The van der Waals surface area contributed by atoms with E-state index in [9.17, 15) is 4.79 Å². The van der Waals surface area contributed by atoms with Gasteiger partial charge >= 0.3 is 0 Å². The van der Waals surface area contributed by atoms with Crippen molar-refractivity contribution in [1.29, 1.82) is 0 Å². The van der Waals surface area contributed by atoms with Crippen LogP contribution in [0.15, 0.2) is 28.3 Å². The predicted molar refractivity (Wildman–Crippen MR) is 73.1 cm³/mol. The number of nitrogens with zero attached hydrogens (tertiary/aromatic N) is 2. The topological polar surface area (TPSA) is 84.7 Å². The molecule has 3 N–H and O–H groups in total. The van der Waals surface area contributed by atoms with Gasteiger partial charge in [0.1, 0.15) is 11.0 Å². The Morgan fingerprint density at radius 2 is 2.17 bits per heavy atom. The van der Waals surface area contributed by atoms with E-state index in [-0.39, 0.29) is 11.4 Å². The van der Waals surface area contributed by atoms with E-state index in [0.717, 1.165) is 5.56 Å². The highest BCUT2D eigenvalue weighted by Gasteiger charge is 2.05. The molecule has 0 fully saturated rings. The standard InChI is InChI=1S/C10H8Cl2N4OS/c11-6-1-7(12)14-3-5(6)4-18-10-15-8(13)2-9(17)16-10/h1-3H,4H2,(H3,13,15,16,17). The van der Waals surface area contributed by atoms with Crippen LogP contribution in [0.4, 0.5) is 5.82 Å². The monoisotopic (exact) mass is 302 g/mol. The molecule has 94 valence electrons. The summed E-state index contributed by atoms with van der Waals surface area (Å²) in [6.07, 6.45) is 1.59. The second kappa shape index (κ2) is 5.60. The van der Waals surface area contributed by atoms with E-state index in [2.05, 4.69) is 15.0 Å². The van der Waals surface area contributed by atoms with Gasteiger partial charge in [-0.05, 0) is 11.6 Å². The van der Waals surface area contributed by atoms with Crippen molar-refractivity contribution in [3.63, 3.8) is 0 Å². The summed E-state index contributed by atoms with van der Waals surface area (Å²) in [7, 11) is 0. The van der Waals surface area contributed by atoms with Crippen LogP contribution < -0.4 is 11.3 Å². The number of nitrogens with two attached hydrogens (primary N) is 1. The number of nitrogens with one attached hydrogen (secondary N) is 1. The van der Waals surface area contributed by atoms with Gasteiger partial charge in [-0.3, -0.25) is 4.79 Å². The van der Waals surface area contributed by atoms with Gasteiger partial charge in [-0.25, -0.2) is 9.97 Å². The van der Waals surface area contributed by atoms with Crippen LogP contribution in [0.3, 0.4) is 0 Å². The normalized spacial score (nSPS) is 10.6. The Morgan fingerprint density at radius 3 is 2.83 bits per heavy atom. The lowest BCUT2D eigenvalue weighted by Crippen LogP contribution is -2.09. The van der Waals surface area contributed by atoms with E-state index in [0.29, 0.717) is 21.1 Å². The molecule has 0 aliphatic heterocycles. The molecule has 0 saturated heterocycles. The van der Waals surface area contributed by atoms with Crippen LogP contribution in [-0.4, -0.2) is 15.0 Å². The van der Waals surface area contributed by atoms with Crippen LogP contribution in [0.2, 0.25) is 10.2 Å². The number of nitrogen functional groups attached to an aromatic ring is 1. The van der Waals surface area contributed by atoms with Gasteiger partial charge in [0.05, 0.1) is 0 Å². The van der Waals surface area contributed by atoms with E-state index < -0.39 is 0 Å². The number of H-pyrrole nitrogens is 1. The number of aromatic amines is 1. The summed E-state index contributed by atoms with van der Waals surface area (Å²) >= 11 is 13.0. The average molecular weight is 303 g/mol. The predicted octanol–water partition coefficient (Wildman–Crippen LogP) is 2.35. The fourth-order valence-corrected chi connectivity index (χ4v) is 2.59. The molecule has 0 unspecified atom stereocenters. The maximum atomic E-state index is 11.2. The first-order chi connectivity index (χ1) is 8.54. The molecule has 2 heterocycles. The zero-order valence-electron chi connectivity index (χ0n) is 8.98. The summed E-state index contributed by atoms with van der Waals surface area (Å²) in [5.74, 6) is 0.691. The van der Waals surface area contributed by atoms with Gasteiger partial charge in [0.15, 0.2) is 5.16 Å². The van der Waals surface area contributed by atoms with E-state index in [1.807, 2.05) is 0 Å². The van der Waals surface area contributed by atoms with Gasteiger partial charge in [0.2, 0.25) is 0 Å². The molecular weight excluding hydrogens is 295 g/mol. The molecule has 0 radical (unpaired) electrons. The number of hydrogen-bond acceptors (Lipinski definition) is 5. The van der Waals surface area contributed by atoms with Crippen molar-refractivity contribution >= 4 is 40.8 Å². The van der Waals surface area contributed by atoms with Crippen LogP contribution in [0.5, 0.6) is 0 Å². The zero-order chi connectivity index (χ0) is 13.1. The first kappa shape index (κ1) is 13.2. The Morgan fingerprint density at radius 1 is 1.39 bits per heavy atom. The smallest absolute Gasteiger partial charge is 0.253 e. The molecule has 0 bridgehead atoms. The Bertz CT molecular complexity index is 632. The summed E-state index contributed by atoms with van der Waals surface area (Å²) in [6, 6.07) is 2.79. The molecule has 5 nitrogen and oxygen atoms in total. The van der Waals surface area contributed by atoms with Crippen LogP contribution in [0, 0.1) is 0 Å². The maximum Gasteiger partial charge on any atom is 0.253 e. The Labute approximate surface area is 117 Å². The zero-order valence-corrected chi connectivity index (χ0v) is 11.3. The summed E-state index contributed by atoms with van der Waals surface area (Å²) < 4.78 is 0. The van der Waals surface area contributed by atoms with Gasteiger partial charge in [0.25, 0.3) is 5.56 Å². The highest BCUT2D eigenvalue weighted by atomic mass is 35.5. The number of pyridine rings is 1. The first-order valence-electron chi connectivity index (χ1n) is 4.84. The van der Waals surface area contributed by atoms with Crippen molar-refractivity contribution in [1.82, 2.24) is 15.0 Å². The Kier molecular flexibility index (Phi) is 4.11. The van der Waals surface area contributed by atoms with E-state index in [1.54, 1.807) is 12.3 Å². The largest absolute Gasteiger partial charge is 0.383 e. The Balaban J connectivity index is 2.13. The molecule has 2 aromatic rings. The molecule has 2 aromatic heterocycles. The van der Waals surface area contributed by atoms with Crippen molar-refractivity contribution in [3.05, 3.63) is 44.4 Å². The number of anilines is 1. The molecule has 2 rings (SSSR count). The minimum absolute atomic E-state index is 0.182. The third kappa shape index (κ3) is 3.38. The lowest BCUT2D eigenvalue weighted by atomic mass is 10.3. The van der Waals surface area contributed by atoms with Crippen LogP contribution in [-0.2, 0) is 5.75 Å². The Hall–Kier alpha value is -1.24. The van der Waals surface area contributed by atoms with E-state index in [1.165, 1.54) is 17.8 Å². The highest BCUT2D eigenvalue weighted by Crippen LogP contribution is 2.25. The fourth-order valence-electron chi connectivity index (χ4n) is 1.21. The third-order valence-electron chi connectivity index (χ3n) is 2.00. The van der Waals surface area contributed by atoms with Crippen molar-refractivity contribution in [2.45, 2.75) is 10.9 Å². The summed E-state index contributed by atoms with van der Waals surface area (Å²) in [6.45, 7) is 0. The maximum absolute atomic E-state index is 11.2. The van der Waals surface area contributed by atoms with Crippen LogP contribution >= 0.6 is 35.0 Å². The first-order valence-corrected chi connectivity index (χ1v) is 6.58. The summed E-state index contributed by atoms with van der Waals surface area (Å²) in [5, 5.41) is 1.30. The van der Waals surface area contributed by atoms with Crippen molar-refractivity contribution < 1.29 is 0 Å². The van der Waals surface area contributed by atoms with E-state index in [4.69, 9.17) is 28.9 Å². The van der Waals surface area contributed by atoms with Gasteiger partial charge in [0, 0.05) is 23.0 Å². The molecule has 0 amide bonds. The molecule has 0 atom stereocenters. The number of thioether (sulfide) groups is 1. The van der Waals surface area contributed by atoms with Gasteiger partial charge in [-0.15, -0.1) is 0 Å². The number of aromatic nitrogens is 3. The second-order valence-electron chi connectivity index (χ2n) is 3.36. The molecule has 0 aliphatic rings. The van der Waals surface area contributed by atoms with Crippen LogP contribution in [0.1, 0.15) is 5.56 Å². The second-order valence-corrected chi connectivity index (χ2v) is 5.12. The van der Waals surface area contributed by atoms with Gasteiger partial charge < -0.3 is 10.7 Å². The summed E-state index contributed by atoms with van der Waals surface area (Å²) in [5.41, 5.74) is 5.99. The third-order valence-corrected chi connectivity index (χ3v) is 3.48. The number of hydrogen-bond donors (Lipinski definition) is 2. The number of halogens is 2. The summed E-state index contributed by atoms with van der Waals surface area (Å²) in [4.78, 5) is 21.7. The highest BCUT2D eigenvalue weighted by molar-refractivity contribution is 7.98. The molecule has 18 heavy (non-hydrogen) atoms. The van der Waals surface area contributed by atoms with Gasteiger partial charge in [-0.2, -0.15) is 0 Å². The minimum Gasteiger partial charge on any atom is -0.383 e. The molecule has 0 aromatic carbocycles. The molecule has 0 spiro atoms.